The van der Waals surface area contributed by atoms with Gasteiger partial charge in [0.05, 0.1) is 26.4 Å². The molecule has 2 heterocycles. The van der Waals surface area contributed by atoms with Gasteiger partial charge in [-0.2, -0.15) is 0 Å². The molecule has 0 saturated carbocycles. The van der Waals surface area contributed by atoms with Crippen LogP contribution in [0.3, 0.4) is 0 Å². The van der Waals surface area contributed by atoms with E-state index in [9.17, 15) is 9.18 Å². The van der Waals surface area contributed by atoms with Gasteiger partial charge in [-0.15, -0.1) is 0 Å². The summed E-state index contributed by atoms with van der Waals surface area (Å²) >= 11 is 0. The van der Waals surface area contributed by atoms with Gasteiger partial charge < -0.3 is 14.8 Å². The van der Waals surface area contributed by atoms with Gasteiger partial charge in [0.25, 0.3) is 0 Å². The van der Waals surface area contributed by atoms with Gasteiger partial charge in [0.15, 0.2) is 5.78 Å². The summed E-state index contributed by atoms with van der Waals surface area (Å²) in [5, 5.41) is 3.27. The molecule has 2 aliphatic rings. The van der Waals surface area contributed by atoms with E-state index in [4.69, 9.17) is 9.47 Å². The van der Waals surface area contributed by atoms with Crippen molar-refractivity contribution in [2.45, 2.75) is 17.9 Å². The van der Waals surface area contributed by atoms with E-state index >= 15 is 0 Å². The minimum absolute atomic E-state index is 0.00655. The smallest absolute Gasteiger partial charge is 0.158 e. The van der Waals surface area contributed by atoms with Crippen LogP contribution in [0.1, 0.15) is 17.9 Å². The maximum absolute atomic E-state index is 13.3. The molecule has 0 aromatic heterocycles. The average Bonchev–Trinajstić information content (AvgIpc) is 2.69. The Morgan fingerprint density at radius 2 is 2.00 bits per heavy atom. The topological polar surface area (TPSA) is 47.6 Å². The van der Waals surface area contributed by atoms with Crippen LogP contribution in [0.15, 0.2) is 24.3 Å². The van der Waals surface area contributed by atoms with E-state index in [2.05, 4.69) is 5.32 Å². The number of carbonyl (C=O) groups excluding carboxylic acids is 1. The Morgan fingerprint density at radius 3 is 2.65 bits per heavy atom. The fraction of sp³-hybridized carbons (Fsp3) is 0.533. The van der Waals surface area contributed by atoms with Gasteiger partial charge in [-0.1, -0.05) is 12.1 Å². The van der Waals surface area contributed by atoms with Crippen molar-refractivity contribution in [3.05, 3.63) is 35.6 Å². The Kier molecular flexibility index (Phi) is 3.83. The Labute approximate surface area is 117 Å². The molecule has 2 aliphatic heterocycles. The lowest BCUT2D eigenvalue weighted by Crippen LogP contribution is -2.62. The van der Waals surface area contributed by atoms with Crippen molar-refractivity contribution in [2.75, 3.05) is 33.0 Å². The number of ketones is 1. The van der Waals surface area contributed by atoms with Gasteiger partial charge in [0.2, 0.25) is 0 Å². The highest BCUT2D eigenvalue weighted by molar-refractivity contribution is 5.90. The summed E-state index contributed by atoms with van der Waals surface area (Å²) in [6, 6.07) is 6.45. The van der Waals surface area contributed by atoms with E-state index < -0.39 is 5.54 Å². The zero-order chi connectivity index (χ0) is 14.0. The van der Waals surface area contributed by atoms with Crippen LogP contribution in [0.2, 0.25) is 0 Å². The third-order valence-corrected chi connectivity index (χ3v) is 4.04. The van der Waals surface area contributed by atoms with Gasteiger partial charge in [-0.25, -0.2) is 4.39 Å². The van der Waals surface area contributed by atoms with Gasteiger partial charge in [-0.05, 0) is 17.7 Å². The second kappa shape index (κ2) is 5.60. The number of Topliss-reactive ketones (excluding diaryl/α,β-unsaturated/α-hetero) is 1. The maximum atomic E-state index is 13.3. The predicted octanol–water partition coefficient (Wildman–Crippen LogP) is 1.26. The van der Waals surface area contributed by atoms with Crippen LogP contribution in [0.25, 0.3) is 0 Å². The van der Waals surface area contributed by atoms with Gasteiger partial charge in [-0.3, -0.25) is 4.79 Å². The number of carbonyl (C=O) groups is 1. The van der Waals surface area contributed by atoms with E-state index in [1.807, 2.05) is 6.07 Å². The number of rotatable bonds is 1. The first-order chi connectivity index (χ1) is 9.70. The zero-order valence-electron chi connectivity index (χ0n) is 11.2. The number of benzene rings is 1. The monoisotopic (exact) mass is 279 g/mol. The first-order valence-corrected chi connectivity index (χ1v) is 6.89. The highest BCUT2D eigenvalue weighted by Crippen LogP contribution is 2.29. The van der Waals surface area contributed by atoms with Crippen LogP contribution in [0.4, 0.5) is 4.39 Å². The summed E-state index contributed by atoms with van der Waals surface area (Å²) in [5.41, 5.74) is 0.136. The Hall–Kier alpha value is -1.30. The van der Waals surface area contributed by atoms with Crippen LogP contribution in [-0.4, -0.2) is 44.3 Å². The Bertz CT molecular complexity index is 498. The summed E-state index contributed by atoms with van der Waals surface area (Å²) in [5.74, 6) is -0.177. The average molecular weight is 279 g/mol. The van der Waals surface area contributed by atoms with E-state index in [1.54, 1.807) is 6.07 Å². The highest BCUT2D eigenvalue weighted by Gasteiger charge is 2.44. The minimum Gasteiger partial charge on any atom is -0.377 e. The number of halogens is 1. The molecule has 1 atom stereocenters. The van der Waals surface area contributed by atoms with Crippen LogP contribution in [0.5, 0.6) is 0 Å². The molecule has 1 aromatic rings. The number of piperidine rings is 1. The van der Waals surface area contributed by atoms with Gasteiger partial charge in [0, 0.05) is 18.9 Å². The summed E-state index contributed by atoms with van der Waals surface area (Å²) in [7, 11) is 0. The molecule has 4 nitrogen and oxygen atoms in total. The second-order valence-corrected chi connectivity index (χ2v) is 5.45. The first-order valence-electron chi connectivity index (χ1n) is 6.89. The Balaban J connectivity index is 1.74. The van der Waals surface area contributed by atoms with Crippen LogP contribution >= 0.6 is 0 Å². The van der Waals surface area contributed by atoms with Crippen molar-refractivity contribution >= 4 is 5.78 Å². The minimum atomic E-state index is -0.722. The standard InChI is InChI=1S/C15H18FNO3/c16-13-3-1-2-11(6-13)12-7-14(18)15(17-8-12)9-19-4-5-20-10-15/h1-3,6,12,17H,4-5,7-10H2. The molecule has 1 spiro atoms. The molecule has 2 saturated heterocycles. The summed E-state index contributed by atoms with van der Waals surface area (Å²) in [6.07, 6.45) is 0.392. The molecule has 108 valence electrons. The quantitative estimate of drug-likeness (QED) is 0.840. The molecule has 0 bridgehead atoms. The third kappa shape index (κ3) is 2.61. The van der Waals surface area contributed by atoms with E-state index in [1.165, 1.54) is 12.1 Å². The molecule has 5 heteroatoms. The fourth-order valence-corrected chi connectivity index (χ4v) is 2.82. The number of ether oxygens (including phenoxy) is 2. The molecule has 1 unspecified atom stereocenters. The van der Waals surface area contributed by atoms with Crippen LogP contribution in [-0.2, 0) is 14.3 Å². The molecule has 1 N–H and O–H groups in total. The summed E-state index contributed by atoms with van der Waals surface area (Å²) in [4.78, 5) is 12.5. The SMILES string of the molecule is O=C1CC(c2cccc(F)c2)CNC12COCCOC2. The molecular weight excluding hydrogens is 261 g/mol. The summed E-state index contributed by atoms with van der Waals surface area (Å²) < 4.78 is 24.2. The van der Waals surface area contributed by atoms with E-state index in [0.717, 1.165) is 5.56 Å². The lowest BCUT2D eigenvalue weighted by molar-refractivity contribution is -0.131. The van der Waals surface area contributed by atoms with E-state index in [-0.39, 0.29) is 17.5 Å². The molecule has 20 heavy (non-hydrogen) atoms. The molecule has 0 radical (unpaired) electrons. The van der Waals surface area contributed by atoms with Crippen molar-refractivity contribution in [3.63, 3.8) is 0 Å². The molecular formula is C15H18FNO3. The molecule has 3 rings (SSSR count). The lowest BCUT2D eigenvalue weighted by atomic mass is 9.81. The fourth-order valence-electron chi connectivity index (χ4n) is 2.82. The van der Waals surface area contributed by atoms with Crippen molar-refractivity contribution in [3.8, 4) is 0 Å². The highest BCUT2D eigenvalue weighted by atomic mass is 19.1. The van der Waals surface area contributed by atoms with Crippen LogP contribution < -0.4 is 5.32 Å². The van der Waals surface area contributed by atoms with Crippen molar-refractivity contribution in [2.24, 2.45) is 0 Å². The zero-order valence-corrected chi connectivity index (χ0v) is 11.2. The Morgan fingerprint density at radius 1 is 1.25 bits per heavy atom. The second-order valence-electron chi connectivity index (χ2n) is 5.45. The van der Waals surface area contributed by atoms with Crippen molar-refractivity contribution in [1.82, 2.24) is 5.32 Å². The van der Waals surface area contributed by atoms with E-state index in [0.29, 0.717) is 39.4 Å². The van der Waals surface area contributed by atoms with Gasteiger partial charge >= 0.3 is 0 Å². The number of hydrogen-bond donors (Lipinski definition) is 1. The van der Waals surface area contributed by atoms with Crippen molar-refractivity contribution < 1.29 is 18.7 Å². The largest absolute Gasteiger partial charge is 0.377 e. The van der Waals surface area contributed by atoms with Gasteiger partial charge in [0.1, 0.15) is 11.4 Å². The third-order valence-electron chi connectivity index (χ3n) is 4.04. The lowest BCUT2D eigenvalue weighted by Gasteiger charge is -2.38. The summed E-state index contributed by atoms with van der Waals surface area (Å²) in [6.45, 7) is 2.36. The number of nitrogens with one attached hydrogen (secondary N) is 1. The molecule has 2 fully saturated rings. The first kappa shape index (κ1) is 13.7. The maximum Gasteiger partial charge on any atom is 0.158 e. The normalized spacial score (nSPS) is 26.4. The molecule has 0 aliphatic carbocycles. The van der Waals surface area contributed by atoms with Crippen LogP contribution in [0, 0.1) is 5.82 Å². The van der Waals surface area contributed by atoms with Crippen molar-refractivity contribution in [1.29, 1.82) is 0 Å². The number of hydrogen-bond acceptors (Lipinski definition) is 4. The predicted molar refractivity (Wildman–Crippen MR) is 71.1 cm³/mol. The molecule has 1 aromatic carbocycles. The molecule has 0 amide bonds.